The zero-order valence-corrected chi connectivity index (χ0v) is 18.7. The van der Waals surface area contributed by atoms with Crippen LogP contribution in [0.4, 0.5) is 10.1 Å². The highest BCUT2D eigenvalue weighted by atomic mass is 35.5. The van der Waals surface area contributed by atoms with Crippen LogP contribution in [0.5, 0.6) is 0 Å². The van der Waals surface area contributed by atoms with Gasteiger partial charge in [-0.1, -0.05) is 11.6 Å². The van der Waals surface area contributed by atoms with Crippen LogP contribution < -0.4 is 4.90 Å². The maximum absolute atomic E-state index is 13.2. The van der Waals surface area contributed by atoms with Crippen molar-refractivity contribution in [3.8, 4) is 0 Å². The Hall–Kier alpha value is -2.20. The van der Waals surface area contributed by atoms with E-state index in [0.29, 0.717) is 19.7 Å². The summed E-state index contributed by atoms with van der Waals surface area (Å²) in [6.07, 6.45) is 0. The largest absolute Gasteiger partial charge is 0.460 e. The second-order valence-electron chi connectivity index (χ2n) is 6.85. The number of carbonyl (C=O) groups excluding carboxylic acids is 1. The van der Waals surface area contributed by atoms with Crippen molar-refractivity contribution in [2.45, 2.75) is 11.8 Å². The van der Waals surface area contributed by atoms with Crippen LogP contribution in [0.15, 0.2) is 47.4 Å². The number of hydrogen-bond acceptors (Lipinski definition) is 6. The van der Waals surface area contributed by atoms with Crippen molar-refractivity contribution in [3.05, 3.63) is 58.9 Å². The van der Waals surface area contributed by atoms with Gasteiger partial charge in [-0.25, -0.2) is 17.6 Å². The van der Waals surface area contributed by atoms with Crippen molar-refractivity contribution >= 4 is 33.3 Å². The molecule has 7 nitrogen and oxygen atoms in total. The first-order valence-electron chi connectivity index (χ1n) is 9.88. The van der Waals surface area contributed by atoms with Gasteiger partial charge in [0.2, 0.25) is 10.0 Å². The van der Waals surface area contributed by atoms with Crippen LogP contribution in [0.2, 0.25) is 5.02 Å². The maximum atomic E-state index is 13.2. The quantitative estimate of drug-likeness (QED) is 0.435. The summed E-state index contributed by atoms with van der Waals surface area (Å²) in [6.45, 7) is 4.04. The topological polar surface area (TPSA) is 76.1 Å². The van der Waals surface area contributed by atoms with Gasteiger partial charge in [-0.2, -0.15) is 4.31 Å². The molecule has 1 saturated heterocycles. The Morgan fingerprint density at radius 2 is 1.74 bits per heavy atom. The summed E-state index contributed by atoms with van der Waals surface area (Å²) < 4.78 is 51.0. The highest BCUT2D eigenvalue weighted by Gasteiger charge is 2.31. The third-order valence-corrected chi connectivity index (χ3v) is 7.26. The molecule has 1 aliphatic heterocycles. The first kappa shape index (κ1) is 23.5. The van der Waals surface area contributed by atoms with E-state index in [2.05, 4.69) is 0 Å². The van der Waals surface area contributed by atoms with E-state index >= 15 is 0 Å². The summed E-state index contributed by atoms with van der Waals surface area (Å²) in [5.41, 5.74) is 0.928. The van der Waals surface area contributed by atoms with E-state index in [9.17, 15) is 17.6 Å². The van der Waals surface area contributed by atoms with E-state index in [0.717, 1.165) is 5.69 Å². The maximum Gasteiger partial charge on any atom is 0.338 e. The number of benzene rings is 2. The summed E-state index contributed by atoms with van der Waals surface area (Å²) >= 11 is 6.17. The third kappa shape index (κ3) is 5.74. The molecule has 0 radical (unpaired) electrons. The summed E-state index contributed by atoms with van der Waals surface area (Å²) in [5.74, 6) is -0.968. The van der Waals surface area contributed by atoms with Crippen molar-refractivity contribution in [1.82, 2.24) is 4.31 Å². The van der Waals surface area contributed by atoms with Crippen LogP contribution in [0.25, 0.3) is 0 Å². The number of halogens is 2. The molecule has 2 aromatic carbocycles. The van der Waals surface area contributed by atoms with E-state index in [1.807, 2.05) is 11.8 Å². The Kier molecular flexibility index (Phi) is 7.88. The number of esters is 1. The molecule has 0 N–H and O–H groups in total. The lowest BCUT2D eigenvalue weighted by molar-refractivity contribution is 0.0335. The lowest BCUT2D eigenvalue weighted by Gasteiger charge is -2.35. The molecule has 0 bridgehead atoms. The van der Waals surface area contributed by atoms with Gasteiger partial charge in [0.05, 0.1) is 17.2 Å². The molecule has 10 heteroatoms. The van der Waals surface area contributed by atoms with E-state index < -0.39 is 16.0 Å². The SMILES string of the molecule is CCOCCOC(=O)c1ccc(Cl)c(S(=O)(=O)N2CCN(c3ccc(F)cc3)CC2)c1. The molecule has 2 aromatic rings. The zero-order valence-electron chi connectivity index (χ0n) is 17.1. The average Bonchev–Trinajstić information content (AvgIpc) is 2.77. The van der Waals surface area contributed by atoms with Gasteiger partial charge in [0.25, 0.3) is 0 Å². The molecule has 0 atom stereocenters. The average molecular weight is 471 g/mol. The molecule has 0 saturated carbocycles. The smallest absolute Gasteiger partial charge is 0.338 e. The second-order valence-corrected chi connectivity index (χ2v) is 9.16. The lowest BCUT2D eigenvalue weighted by Crippen LogP contribution is -2.48. The van der Waals surface area contributed by atoms with Crippen LogP contribution in [-0.2, 0) is 19.5 Å². The van der Waals surface area contributed by atoms with Gasteiger partial charge in [-0.3, -0.25) is 0 Å². The molecule has 0 spiro atoms. The first-order chi connectivity index (χ1) is 14.8. The number of anilines is 1. The van der Waals surface area contributed by atoms with Crippen LogP contribution in [-0.4, -0.2) is 64.7 Å². The van der Waals surface area contributed by atoms with Crippen LogP contribution in [0.1, 0.15) is 17.3 Å². The van der Waals surface area contributed by atoms with Gasteiger partial charge in [-0.05, 0) is 49.4 Å². The minimum Gasteiger partial charge on any atom is -0.460 e. The van der Waals surface area contributed by atoms with Crippen LogP contribution >= 0.6 is 11.6 Å². The number of hydrogen-bond donors (Lipinski definition) is 0. The Morgan fingerprint density at radius 1 is 1.06 bits per heavy atom. The molecule has 0 amide bonds. The van der Waals surface area contributed by atoms with Gasteiger partial charge < -0.3 is 14.4 Å². The Labute approximate surface area is 186 Å². The molecule has 31 heavy (non-hydrogen) atoms. The molecule has 0 aromatic heterocycles. The summed E-state index contributed by atoms with van der Waals surface area (Å²) in [7, 11) is -3.91. The van der Waals surface area contributed by atoms with Crippen LogP contribution in [0, 0.1) is 5.82 Å². The fourth-order valence-corrected chi connectivity index (χ4v) is 5.15. The zero-order chi connectivity index (χ0) is 22.4. The van der Waals surface area contributed by atoms with Gasteiger partial charge in [0.15, 0.2) is 0 Å². The second kappa shape index (κ2) is 10.4. The molecule has 168 valence electrons. The predicted octanol–water partition coefficient (Wildman–Crippen LogP) is 3.18. The Bertz CT molecular complexity index is 1010. The normalized spacial score (nSPS) is 15.1. The molecule has 1 heterocycles. The Morgan fingerprint density at radius 3 is 2.39 bits per heavy atom. The number of ether oxygens (including phenoxy) is 2. The van der Waals surface area contributed by atoms with Crippen molar-refractivity contribution < 1.29 is 27.1 Å². The van der Waals surface area contributed by atoms with E-state index in [4.69, 9.17) is 21.1 Å². The van der Waals surface area contributed by atoms with E-state index in [1.165, 1.54) is 34.6 Å². The van der Waals surface area contributed by atoms with Crippen molar-refractivity contribution in [1.29, 1.82) is 0 Å². The van der Waals surface area contributed by atoms with Gasteiger partial charge >= 0.3 is 5.97 Å². The molecular weight excluding hydrogens is 447 g/mol. The van der Waals surface area contributed by atoms with Crippen molar-refractivity contribution in [2.24, 2.45) is 0 Å². The van der Waals surface area contributed by atoms with Gasteiger partial charge in [0, 0.05) is 38.5 Å². The minimum absolute atomic E-state index is 0.0341. The molecular formula is C21H24ClFN2O5S. The first-order valence-corrected chi connectivity index (χ1v) is 11.7. The fourth-order valence-electron chi connectivity index (χ4n) is 3.23. The summed E-state index contributed by atoms with van der Waals surface area (Å²) in [5, 5.41) is 0.0341. The van der Waals surface area contributed by atoms with Gasteiger partial charge in [0.1, 0.15) is 17.3 Å². The fraction of sp³-hybridized carbons (Fsp3) is 0.381. The highest BCUT2D eigenvalue weighted by Crippen LogP contribution is 2.28. The standard InChI is InChI=1S/C21H24ClFN2O5S/c1-2-29-13-14-30-21(26)16-3-8-19(22)20(15-16)31(27,28)25-11-9-24(10-12-25)18-6-4-17(23)5-7-18/h3-8,15H,2,9-14H2,1H3. The van der Waals surface area contributed by atoms with Crippen LogP contribution in [0.3, 0.4) is 0 Å². The molecule has 0 unspecified atom stereocenters. The Balaban J connectivity index is 1.70. The third-order valence-electron chi connectivity index (χ3n) is 4.88. The monoisotopic (exact) mass is 470 g/mol. The number of sulfonamides is 1. The number of piperazine rings is 1. The summed E-state index contributed by atoms with van der Waals surface area (Å²) in [4.78, 5) is 14.1. The van der Waals surface area contributed by atoms with Crippen molar-refractivity contribution in [2.75, 3.05) is 50.9 Å². The highest BCUT2D eigenvalue weighted by molar-refractivity contribution is 7.89. The van der Waals surface area contributed by atoms with E-state index in [-0.39, 0.29) is 47.6 Å². The molecule has 3 rings (SSSR count). The molecule has 1 fully saturated rings. The predicted molar refractivity (Wildman–Crippen MR) is 116 cm³/mol. The van der Waals surface area contributed by atoms with E-state index in [1.54, 1.807) is 12.1 Å². The minimum atomic E-state index is -3.91. The van der Waals surface area contributed by atoms with Crippen molar-refractivity contribution in [3.63, 3.8) is 0 Å². The number of rotatable bonds is 8. The van der Waals surface area contributed by atoms with Gasteiger partial charge in [-0.15, -0.1) is 0 Å². The number of nitrogens with zero attached hydrogens (tertiary/aromatic N) is 2. The lowest BCUT2D eigenvalue weighted by atomic mass is 10.2. The number of carbonyl (C=O) groups is 1. The molecule has 1 aliphatic rings. The summed E-state index contributed by atoms with van der Waals surface area (Å²) in [6, 6.07) is 10.1. The molecule has 0 aliphatic carbocycles.